The van der Waals surface area contributed by atoms with Crippen molar-refractivity contribution in [3.63, 3.8) is 0 Å². The monoisotopic (exact) mass is 484 g/mol. The van der Waals surface area contributed by atoms with E-state index in [4.69, 9.17) is 15.5 Å². The van der Waals surface area contributed by atoms with Crippen LogP contribution in [0.3, 0.4) is 0 Å². The molecule has 34 heavy (non-hydrogen) atoms. The van der Waals surface area contributed by atoms with Crippen LogP contribution in [0.15, 0.2) is 47.4 Å². The minimum Gasteiger partial charge on any atom is -0.381 e. The second-order valence-corrected chi connectivity index (χ2v) is 11.9. The number of hydrogen-bond donors (Lipinski definition) is 1. The number of amides is 1. The zero-order valence-corrected chi connectivity index (χ0v) is 20.9. The molecule has 2 N–H and O–H groups in total. The van der Waals surface area contributed by atoms with Gasteiger partial charge in [-0.2, -0.15) is 0 Å². The zero-order valence-electron chi connectivity index (χ0n) is 20.1. The molecule has 0 unspecified atom stereocenters. The van der Waals surface area contributed by atoms with Crippen molar-refractivity contribution in [1.82, 2.24) is 9.55 Å². The van der Waals surface area contributed by atoms with Gasteiger partial charge in [-0.15, -0.1) is 0 Å². The van der Waals surface area contributed by atoms with Crippen LogP contribution in [0, 0.1) is 5.92 Å². The van der Waals surface area contributed by atoms with Gasteiger partial charge < -0.3 is 15.0 Å². The Morgan fingerprint density at radius 1 is 1.15 bits per heavy atom. The van der Waals surface area contributed by atoms with Crippen molar-refractivity contribution in [1.29, 1.82) is 0 Å². The Balaban J connectivity index is 1.70. The van der Waals surface area contributed by atoms with E-state index in [-0.39, 0.29) is 15.9 Å². The third-order valence-electron chi connectivity index (χ3n) is 6.35. The van der Waals surface area contributed by atoms with Crippen molar-refractivity contribution < 1.29 is 17.9 Å². The van der Waals surface area contributed by atoms with E-state index in [2.05, 4.69) is 25.3 Å². The second kappa shape index (κ2) is 9.03. The number of primary amides is 1. The number of nitrogens with two attached hydrogens (primary N) is 1. The first-order valence-electron chi connectivity index (χ1n) is 11.5. The molecule has 3 aromatic rings. The predicted molar refractivity (Wildman–Crippen MR) is 133 cm³/mol. The van der Waals surface area contributed by atoms with Crippen molar-refractivity contribution in [2.75, 3.05) is 24.6 Å². The summed E-state index contributed by atoms with van der Waals surface area (Å²) in [5, 5.41) is 0. The number of ether oxygens (including phenoxy) is 1. The van der Waals surface area contributed by atoms with Gasteiger partial charge in [-0.3, -0.25) is 9.10 Å². The number of hydrogen-bond acceptors (Lipinski definition) is 5. The maximum Gasteiger partial charge on any atom is 0.264 e. The number of imidazole rings is 1. The number of fused-ring (bicyclic) bond motifs is 1. The number of carbonyl (C=O) groups is 1. The van der Waals surface area contributed by atoms with E-state index in [9.17, 15) is 13.2 Å². The first-order chi connectivity index (χ1) is 16.0. The number of carbonyl (C=O) groups excluding carboxylic acids is 1. The van der Waals surface area contributed by atoms with Crippen LogP contribution in [0.4, 0.5) is 5.69 Å². The van der Waals surface area contributed by atoms with Gasteiger partial charge in [-0.05, 0) is 61.2 Å². The van der Waals surface area contributed by atoms with E-state index in [0.29, 0.717) is 11.6 Å². The highest BCUT2D eigenvalue weighted by Gasteiger charge is 2.27. The average Bonchev–Trinajstić information content (AvgIpc) is 3.17. The molecule has 1 aliphatic heterocycles. The molecular formula is C25H32N4O4S. The Morgan fingerprint density at radius 2 is 1.79 bits per heavy atom. The summed E-state index contributed by atoms with van der Waals surface area (Å²) in [6, 6.07) is 11.2. The molecule has 9 heteroatoms. The van der Waals surface area contributed by atoms with E-state index in [1.54, 1.807) is 0 Å². The largest absolute Gasteiger partial charge is 0.381 e. The quantitative estimate of drug-likeness (QED) is 0.574. The van der Waals surface area contributed by atoms with Crippen LogP contribution < -0.4 is 10.0 Å². The summed E-state index contributed by atoms with van der Waals surface area (Å²) >= 11 is 0. The first-order valence-corrected chi connectivity index (χ1v) is 12.9. The molecule has 0 radical (unpaired) electrons. The van der Waals surface area contributed by atoms with Crippen LogP contribution in [0.5, 0.6) is 0 Å². The SMILES string of the molecule is CN(c1ccc2c(c1)nc(C(C)(C)C)n2CC1CCOCC1)S(=O)(=O)c1ccc(C(N)=O)cc1. The molecule has 0 spiro atoms. The molecule has 0 saturated carbocycles. The number of sulfonamides is 1. The van der Waals surface area contributed by atoms with Crippen LogP contribution in [0.1, 0.15) is 49.8 Å². The number of benzene rings is 2. The fourth-order valence-electron chi connectivity index (χ4n) is 4.35. The lowest BCUT2D eigenvalue weighted by Crippen LogP contribution is -2.26. The molecule has 1 fully saturated rings. The predicted octanol–water partition coefficient (Wildman–Crippen LogP) is 3.68. The molecular weight excluding hydrogens is 452 g/mol. The number of rotatable bonds is 6. The molecule has 2 heterocycles. The number of nitrogens with zero attached hydrogens (tertiary/aromatic N) is 3. The molecule has 1 amide bonds. The minimum absolute atomic E-state index is 0.0838. The summed E-state index contributed by atoms with van der Waals surface area (Å²) in [7, 11) is -2.31. The Labute approximate surface area is 200 Å². The molecule has 1 saturated heterocycles. The summed E-state index contributed by atoms with van der Waals surface area (Å²) in [5.41, 5.74) is 7.64. The summed E-state index contributed by atoms with van der Waals surface area (Å²) in [5.74, 6) is 0.908. The molecule has 1 aliphatic rings. The first kappa shape index (κ1) is 24.2. The van der Waals surface area contributed by atoms with Crippen LogP contribution >= 0.6 is 0 Å². The number of aromatic nitrogens is 2. The third kappa shape index (κ3) is 4.67. The summed E-state index contributed by atoms with van der Waals surface area (Å²) in [4.78, 5) is 16.3. The Morgan fingerprint density at radius 3 is 2.38 bits per heavy atom. The van der Waals surface area contributed by atoms with Gasteiger partial charge in [-0.25, -0.2) is 13.4 Å². The van der Waals surface area contributed by atoms with Gasteiger partial charge in [0.25, 0.3) is 10.0 Å². The molecule has 8 nitrogen and oxygen atoms in total. The molecule has 2 aromatic carbocycles. The van der Waals surface area contributed by atoms with E-state index >= 15 is 0 Å². The van der Waals surface area contributed by atoms with Crippen LogP contribution in [-0.4, -0.2) is 44.1 Å². The van der Waals surface area contributed by atoms with Crippen molar-refractivity contribution >= 4 is 32.7 Å². The zero-order chi connectivity index (χ0) is 24.7. The van der Waals surface area contributed by atoms with Crippen LogP contribution in [0.2, 0.25) is 0 Å². The molecule has 4 rings (SSSR count). The lowest BCUT2D eigenvalue weighted by Gasteiger charge is -2.26. The van der Waals surface area contributed by atoms with E-state index in [1.807, 2.05) is 18.2 Å². The third-order valence-corrected chi connectivity index (χ3v) is 8.14. The van der Waals surface area contributed by atoms with Gasteiger partial charge in [-0.1, -0.05) is 20.8 Å². The minimum atomic E-state index is -3.82. The van der Waals surface area contributed by atoms with Crippen molar-refractivity contribution in [3.8, 4) is 0 Å². The summed E-state index contributed by atoms with van der Waals surface area (Å²) < 4.78 is 35.5. The summed E-state index contributed by atoms with van der Waals surface area (Å²) in [6.07, 6.45) is 2.05. The lowest BCUT2D eigenvalue weighted by molar-refractivity contribution is 0.0611. The molecule has 0 bridgehead atoms. The maximum absolute atomic E-state index is 13.2. The van der Waals surface area contributed by atoms with Crippen molar-refractivity contribution in [3.05, 3.63) is 53.9 Å². The fourth-order valence-corrected chi connectivity index (χ4v) is 5.53. The van der Waals surface area contributed by atoms with Gasteiger partial charge in [0, 0.05) is 37.8 Å². The topological polar surface area (TPSA) is 108 Å². The highest BCUT2D eigenvalue weighted by molar-refractivity contribution is 7.92. The Hall–Kier alpha value is -2.91. The van der Waals surface area contributed by atoms with Crippen LogP contribution in [-0.2, 0) is 26.7 Å². The van der Waals surface area contributed by atoms with Crippen molar-refractivity contribution in [2.24, 2.45) is 11.7 Å². The highest BCUT2D eigenvalue weighted by Crippen LogP contribution is 2.32. The van der Waals surface area contributed by atoms with Gasteiger partial charge in [0.15, 0.2) is 0 Å². The molecule has 182 valence electrons. The second-order valence-electron chi connectivity index (χ2n) is 9.89. The normalized spacial score (nSPS) is 15.5. The van der Waals surface area contributed by atoms with Gasteiger partial charge in [0.1, 0.15) is 5.82 Å². The average molecular weight is 485 g/mol. The summed E-state index contributed by atoms with van der Waals surface area (Å²) in [6.45, 7) is 8.86. The molecule has 0 aliphatic carbocycles. The molecule has 0 atom stereocenters. The van der Waals surface area contributed by atoms with E-state index < -0.39 is 15.9 Å². The van der Waals surface area contributed by atoms with Gasteiger partial charge >= 0.3 is 0 Å². The standard InChI is InChI=1S/C25H32N4O4S/c1-25(2,3)24-27-21-15-19(7-10-22(21)29(24)16-17-11-13-33-14-12-17)28(4)34(31,32)20-8-5-18(6-9-20)23(26)30/h5-10,15,17H,11-14,16H2,1-4H3,(H2,26,30). The molecule has 1 aromatic heterocycles. The fraction of sp³-hybridized carbons (Fsp3) is 0.440. The van der Waals surface area contributed by atoms with Crippen molar-refractivity contribution in [2.45, 2.75) is 50.5 Å². The van der Waals surface area contributed by atoms with Gasteiger partial charge in [0.05, 0.1) is 21.6 Å². The highest BCUT2D eigenvalue weighted by atomic mass is 32.2. The number of anilines is 1. The Bertz CT molecular complexity index is 1300. The lowest BCUT2D eigenvalue weighted by atomic mass is 9.94. The smallest absolute Gasteiger partial charge is 0.264 e. The van der Waals surface area contributed by atoms with Gasteiger partial charge in [0.2, 0.25) is 5.91 Å². The van der Waals surface area contributed by atoms with Crippen LogP contribution in [0.25, 0.3) is 11.0 Å². The van der Waals surface area contributed by atoms with E-state index in [0.717, 1.165) is 49.5 Å². The maximum atomic E-state index is 13.2. The Kier molecular flexibility index (Phi) is 6.44. The van der Waals surface area contributed by atoms with E-state index in [1.165, 1.54) is 35.6 Å².